The number of hydrogen-bond acceptors (Lipinski definition) is 4. The van der Waals surface area contributed by atoms with Crippen molar-refractivity contribution in [3.8, 4) is 11.3 Å². The Hall–Kier alpha value is -3.28. The summed E-state index contributed by atoms with van der Waals surface area (Å²) < 4.78 is 13.2. The third-order valence-electron chi connectivity index (χ3n) is 5.81. The minimum atomic E-state index is -0.523. The van der Waals surface area contributed by atoms with E-state index in [0.29, 0.717) is 12.4 Å². The van der Waals surface area contributed by atoms with Gasteiger partial charge in [0.1, 0.15) is 11.6 Å². The number of nitrogens with one attached hydrogen (secondary N) is 2. The smallest absolute Gasteiger partial charge is 0.234 e. The van der Waals surface area contributed by atoms with Gasteiger partial charge in [-0.15, -0.1) is 10.2 Å². The van der Waals surface area contributed by atoms with E-state index in [9.17, 15) is 9.18 Å². The number of anilines is 2. The summed E-state index contributed by atoms with van der Waals surface area (Å²) in [6, 6.07) is 16.2. The summed E-state index contributed by atoms with van der Waals surface area (Å²) in [5, 5.41) is 14.9. The van der Waals surface area contributed by atoms with Gasteiger partial charge in [-0.25, -0.2) is 4.39 Å². The molecule has 3 aromatic rings. The highest BCUT2D eigenvalue weighted by Gasteiger charge is 2.38. The van der Waals surface area contributed by atoms with Crippen LogP contribution in [0.2, 0.25) is 0 Å². The quantitative estimate of drug-likeness (QED) is 0.635. The highest BCUT2D eigenvalue weighted by Crippen LogP contribution is 2.39. The first-order valence-electron chi connectivity index (χ1n) is 9.97. The molecular weight excluding hydrogens is 379 g/mol. The van der Waals surface area contributed by atoms with E-state index < -0.39 is 5.41 Å². The molecule has 1 aliphatic rings. The van der Waals surface area contributed by atoms with Crippen LogP contribution in [0.3, 0.4) is 0 Å². The molecule has 2 aromatic carbocycles. The summed E-state index contributed by atoms with van der Waals surface area (Å²) in [4.78, 5) is 12.2. The van der Waals surface area contributed by atoms with Gasteiger partial charge in [0.05, 0.1) is 11.1 Å². The Morgan fingerprint density at radius 2 is 1.77 bits per heavy atom. The van der Waals surface area contributed by atoms with Crippen LogP contribution in [-0.4, -0.2) is 22.6 Å². The lowest BCUT2D eigenvalue weighted by Gasteiger charge is -2.25. The van der Waals surface area contributed by atoms with Crippen molar-refractivity contribution >= 4 is 17.4 Å². The highest BCUT2D eigenvalue weighted by molar-refractivity contribution is 6.06. The summed E-state index contributed by atoms with van der Waals surface area (Å²) >= 11 is 0. The highest BCUT2D eigenvalue weighted by atomic mass is 19.1. The molecule has 1 aliphatic heterocycles. The molecule has 1 aromatic heterocycles. The average molecular weight is 404 g/mol. The maximum absolute atomic E-state index is 13.2. The molecule has 6 heteroatoms. The molecule has 1 amide bonds. The van der Waals surface area contributed by atoms with Gasteiger partial charge in [0.15, 0.2) is 0 Å². The molecule has 5 nitrogen and oxygen atoms in total. The Kier molecular flexibility index (Phi) is 4.80. The molecule has 0 saturated heterocycles. The lowest BCUT2D eigenvalue weighted by atomic mass is 9.84. The Balaban J connectivity index is 1.47. The van der Waals surface area contributed by atoms with E-state index >= 15 is 0 Å². The monoisotopic (exact) mass is 404 g/mol. The summed E-state index contributed by atoms with van der Waals surface area (Å²) in [5.41, 5.74) is 3.78. The zero-order chi connectivity index (χ0) is 21.5. The van der Waals surface area contributed by atoms with Crippen LogP contribution in [0.5, 0.6) is 0 Å². The van der Waals surface area contributed by atoms with E-state index in [2.05, 4.69) is 34.7 Å². The number of fused-ring (bicyclic) bond motifs is 1. The molecule has 0 spiro atoms. The van der Waals surface area contributed by atoms with E-state index in [4.69, 9.17) is 0 Å². The van der Waals surface area contributed by atoms with Crippen molar-refractivity contribution in [3.05, 3.63) is 71.5 Å². The number of carbonyl (C=O) groups excluding carboxylic acids is 1. The van der Waals surface area contributed by atoms with Crippen LogP contribution < -0.4 is 10.6 Å². The SMILES string of the molecule is CC(C)(CNc1ccc(-c2ccc3c(c2)NC(=O)C3(C)C)nn1)c1ccc(F)cc1. The fraction of sp³-hybridized carbons (Fsp3) is 0.292. The van der Waals surface area contributed by atoms with Gasteiger partial charge in [0.25, 0.3) is 0 Å². The molecule has 0 radical (unpaired) electrons. The summed E-state index contributed by atoms with van der Waals surface area (Å²) in [6.45, 7) is 8.65. The fourth-order valence-corrected chi connectivity index (χ4v) is 3.65. The maximum Gasteiger partial charge on any atom is 0.234 e. The predicted molar refractivity (Wildman–Crippen MR) is 117 cm³/mol. The Bertz CT molecular complexity index is 1090. The van der Waals surface area contributed by atoms with Crippen molar-refractivity contribution in [2.24, 2.45) is 0 Å². The number of carbonyl (C=O) groups is 1. The lowest BCUT2D eigenvalue weighted by Crippen LogP contribution is -2.28. The van der Waals surface area contributed by atoms with Gasteiger partial charge in [-0.3, -0.25) is 4.79 Å². The molecule has 0 fully saturated rings. The molecular formula is C24H25FN4O. The van der Waals surface area contributed by atoms with Gasteiger partial charge in [-0.05, 0) is 55.3 Å². The van der Waals surface area contributed by atoms with Crippen LogP contribution in [-0.2, 0) is 15.6 Å². The van der Waals surface area contributed by atoms with Crippen molar-refractivity contribution in [1.29, 1.82) is 0 Å². The van der Waals surface area contributed by atoms with Gasteiger partial charge in [-0.1, -0.05) is 38.1 Å². The first-order valence-corrected chi connectivity index (χ1v) is 9.97. The summed E-state index contributed by atoms with van der Waals surface area (Å²) in [6.07, 6.45) is 0. The van der Waals surface area contributed by atoms with E-state index in [0.717, 1.165) is 28.1 Å². The van der Waals surface area contributed by atoms with Crippen molar-refractivity contribution in [3.63, 3.8) is 0 Å². The van der Waals surface area contributed by atoms with Crippen LogP contribution >= 0.6 is 0 Å². The first kappa shape index (κ1) is 20.0. The van der Waals surface area contributed by atoms with Crippen LogP contribution in [0.1, 0.15) is 38.8 Å². The standard InChI is InChI=1S/C24H25FN4O/c1-23(2,16-6-8-17(25)9-7-16)14-26-21-12-11-19(28-29-21)15-5-10-18-20(13-15)27-22(30)24(18,3)4/h5-13H,14H2,1-4H3,(H,26,29)(H,27,30). The summed E-state index contributed by atoms with van der Waals surface area (Å²) in [5.74, 6) is 0.437. The topological polar surface area (TPSA) is 66.9 Å². The molecule has 0 aliphatic carbocycles. The molecule has 0 saturated carbocycles. The van der Waals surface area contributed by atoms with E-state index in [1.165, 1.54) is 12.1 Å². The zero-order valence-corrected chi connectivity index (χ0v) is 17.6. The number of amides is 1. The molecule has 30 heavy (non-hydrogen) atoms. The van der Waals surface area contributed by atoms with Gasteiger partial charge < -0.3 is 10.6 Å². The van der Waals surface area contributed by atoms with E-state index in [1.807, 2.05) is 44.2 Å². The molecule has 2 heterocycles. The number of halogens is 1. The Morgan fingerprint density at radius 1 is 1.03 bits per heavy atom. The maximum atomic E-state index is 13.2. The number of rotatable bonds is 5. The minimum Gasteiger partial charge on any atom is -0.368 e. The zero-order valence-electron chi connectivity index (χ0n) is 17.6. The second kappa shape index (κ2) is 7.20. The van der Waals surface area contributed by atoms with Gasteiger partial charge in [0.2, 0.25) is 5.91 Å². The second-order valence-corrected chi connectivity index (χ2v) is 8.89. The number of benzene rings is 2. The molecule has 4 rings (SSSR count). The van der Waals surface area contributed by atoms with Gasteiger partial charge >= 0.3 is 0 Å². The normalized spacial score (nSPS) is 14.9. The molecule has 0 atom stereocenters. The largest absolute Gasteiger partial charge is 0.368 e. The lowest BCUT2D eigenvalue weighted by molar-refractivity contribution is -0.119. The van der Waals surface area contributed by atoms with E-state index in [1.54, 1.807) is 12.1 Å². The van der Waals surface area contributed by atoms with E-state index in [-0.39, 0.29) is 17.1 Å². The van der Waals surface area contributed by atoms with Crippen molar-refractivity contribution in [2.45, 2.75) is 38.5 Å². The van der Waals surface area contributed by atoms with Crippen molar-refractivity contribution in [2.75, 3.05) is 17.2 Å². The molecule has 154 valence electrons. The van der Waals surface area contributed by atoms with Crippen LogP contribution in [0.4, 0.5) is 15.9 Å². The second-order valence-electron chi connectivity index (χ2n) is 8.89. The summed E-state index contributed by atoms with van der Waals surface area (Å²) in [7, 11) is 0. The molecule has 0 unspecified atom stereocenters. The Labute approximate surface area is 175 Å². The third-order valence-corrected chi connectivity index (χ3v) is 5.81. The van der Waals surface area contributed by atoms with Gasteiger partial charge in [-0.2, -0.15) is 0 Å². The van der Waals surface area contributed by atoms with Crippen molar-refractivity contribution < 1.29 is 9.18 Å². The number of hydrogen-bond donors (Lipinski definition) is 2. The molecule has 2 N–H and O–H groups in total. The predicted octanol–water partition coefficient (Wildman–Crippen LogP) is 4.90. The van der Waals surface area contributed by atoms with Crippen LogP contribution in [0.15, 0.2) is 54.6 Å². The van der Waals surface area contributed by atoms with Crippen LogP contribution in [0, 0.1) is 5.82 Å². The third kappa shape index (κ3) is 3.65. The first-order chi connectivity index (χ1) is 14.2. The fourth-order valence-electron chi connectivity index (χ4n) is 3.65. The van der Waals surface area contributed by atoms with Crippen molar-refractivity contribution in [1.82, 2.24) is 10.2 Å². The average Bonchev–Trinajstić information content (AvgIpc) is 2.95. The van der Waals surface area contributed by atoms with Gasteiger partial charge in [0, 0.05) is 23.2 Å². The molecule has 0 bridgehead atoms. The van der Waals surface area contributed by atoms with Crippen LogP contribution in [0.25, 0.3) is 11.3 Å². The Morgan fingerprint density at radius 3 is 2.43 bits per heavy atom. The number of nitrogens with zero attached hydrogens (tertiary/aromatic N) is 2. The minimum absolute atomic E-state index is 0.00375. The number of aromatic nitrogens is 2.